The van der Waals surface area contributed by atoms with E-state index in [0.717, 1.165) is 11.1 Å². The minimum atomic E-state index is -3.50. The molecule has 0 bridgehead atoms. The van der Waals surface area contributed by atoms with Gasteiger partial charge in [-0.25, -0.2) is 12.8 Å². The third-order valence-electron chi connectivity index (χ3n) is 5.14. The molecule has 0 saturated carbocycles. The highest BCUT2D eigenvalue weighted by Crippen LogP contribution is 2.26. The summed E-state index contributed by atoms with van der Waals surface area (Å²) in [6.07, 6.45) is 3.31. The van der Waals surface area contributed by atoms with Gasteiger partial charge in [0, 0.05) is 24.8 Å². The molecule has 7 nitrogen and oxygen atoms in total. The van der Waals surface area contributed by atoms with Crippen LogP contribution in [0.5, 0.6) is 5.75 Å². The summed E-state index contributed by atoms with van der Waals surface area (Å²) in [6, 6.07) is 12.2. The first-order valence-electron chi connectivity index (χ1n) is 9.31. The van der Waals surface area contributed by atoms with Crippen LogP contribution in [0.25, 0.3) is 11.1 Å². The summed E-state index contributed by atoms with van der Waals surface area (Å²) in [7, 11) is -1.99. The first-order valence-corrected chi connectivity index (χ1v) is 10.9. The molecule has 9 heteroatoms. The highest BCUT2D eigenvalue weighted by molar-refractivity contribution is 7.92. The number of nitrogens with zero attached hydrogens (tertiary/aromatic N) is 3. The number of hydrogen-bond acceptors (Lipinski definition) is 5. The number of benzene rings is 2. The molecule has 0 atom stereocenters. The number of carbonyl (C=O) groups excluding carboxylic acids is 1. The van der Waals surface area contributed by atoms with Crippen molar-refractivity contribution in [2.45, 2.75) is 16.7 Å². The van der Waals surface area contributed by atoms with E-state index in [9.17, 15) is 17.6 Å². The van der Waals surface area contributed by atoms with Gasteiger partial charge in [0.2, 0.25) is 5.91 Å². The van der Waals surface area contributed by atoms with Gasteiger partial charge in [0.1, 0.15) is 23.4 Å². The molecule has 1 aromatic heterocycles. The van der Waals surface area contributed by atoms with E-state index in [1.54, 1.807) is 36.7 Å². The number of aromatic nitrogens is 2. The maximum absolute atomic E-state index is 13.1. The van der Waals surface area contributed by atoms with Crippen molar-refractivity contribution in [3.63, 3.8) is 0 Å². The van der Waals surface area contributed by atoms with Gasteiger partial charge in [0.25, 0.3) is 0 Å². The standard InChI is InChI=1S/C21H20FN3O4S/c1-29-18-6-8-19(9-7-18)30(27,28)20-12-24(13-20)21(26)14-25-11-16(10-23-25)15-2-4-17(22)5-3-15/h2-11,20H,12-14H2,1H3. The van der Waals surface area contributed by atoms with E-state index < -0.39 is 15.1 Å². The average Bonchev–Trinajstić information content (AvgIpc) is 3.15. The van der Waals surface area contributed by atoms with E-state index in [1.165, 1.54) is 41.0 Å². The fourth-order valence-corrected chi connectivity index (χ4v) is 4.93. The van der Waals surface area contributed by atoms with Crippen LogP contribution in [0.4, 0.5) is 4.39 Å². The van der Waals surface area contributed by atoms with E-state index in [1.807, 2.05) is 0 Å². The summed E-state index contributed by atoms with van der Waals surface area (Å²) in [5.41, 5.74) is 1.57. The Bertz CT molecular complexity index is 1150. The Labute approximate surface area is 173 Å². The molecule has 3 aromatic rings. The number of ether oxygens (including phenoxy) is 1. The summed E-state index contributed by atoms with van der Waals surface area (Å²) in [4.78, 5) is 14.2. The van der Waals surface area contributed by atoms with Gasteiger partial charge < -0.3 is 9.64 Å². The first kappa shape index (κ1) is 20.1. The molecule has 1 fully saturated rings. The van der Waals surface area contributed by atoms with Crippen molar-refractivity contribution in [1.29, 1.82) is 0 Å². The van der Waals surface area contributed by atoms with Crippen LogP contribution in [0.3, 0.4) is 0 Å². The van der Waals surface area contributed by atoms with Crippen LogP contribution < -0.4 is 4.74 Å². The Morgan fingerprint density at radius 3 is 2.40 bits per heavy atom. The smallest absolute Gasteiger partial charge is 0.244 e. The highest BCUT2D eigenvalue weighted by atomic mass is 32.2. The molecule has 1 aliphatic heterocycles. The molecule has 0 aliphatic carbocycles. The number of carbonyl (C=O) groups is 1. The molecule has 0 radical (unpaired) electrons. The fourth-order valence-electron chi connectivity index (χ4n) is 3.28. The quantitative estimate of drug-likeness (QED) is 0.601. The Morgan fingerprint density at radius 1 is 1.10 bits per heavy atom. The van der Waals surface area contributed by atoms with Crippen LogP contribution in [0.2, 0.25) is 0 Å². The number of likely N-dealkylation sites (tertiary alicyclic amines) is 1. The van der Waals surface area contributed by atoms with E-state index in [4.69, 9.17) is 4.74 Å². The number of hydrogen-bond donors (Lipinski definition) is 0. The van der Waals surface area contributed by atoms with Crippen molar-refractivity contribution < 1.29 is 22.3 Å². The predicted octanol–water partition coefficient (Wildman–Crippen LogP) is 2.38. The van der Waals surface area contributed by atoms with Crippen LogP contribution in [-0.4, -0.2) is 54.5 Å². The molecule has 2 aromatic carbocycles. The Morgan fingerprint density at radius 2 is 1.77 bits per heavy atom. The van der Waals surface area contributed by atoms with E-state index in [0.29, 0.717) is 5.75 Å². The van der Waals surface area contributed by atoms with Crippen molar-refractivity contribution in [2.24, 2.45) is 0 Å². The second-order valence-electron chi connectivity index (χ2n) is 7.07. The molecule has 30 heavy (non-hydrogen) atoms. The van der Waals surface area contributed by atoms with Crippen molar-refractivity contribution in [3.8, 4) is 16.9 Å². The van der Waals surface area contributed by atoms with Gasteiger partial charge >= 0.3 is 0 Å². The number of methoxy groups -OCH3 is 1. The second-order valence-corrected chi connectivity index (χ2v) is 9.30. The molecule has 0 unspecified atom stereocenters. The largest absolute Gasteiger partial charge is 0.497 e. The van der Waals surface area contributed by atoms with Gasteiger partial charge in [-0.1, -0.05) is 12.1 Å². The summed E-state index contributed by atoms with van der Waals surface area (Å²) in [5.74, 6) is 0.0572. The minimum absolute atomic E-state index is 0.0104. The lowest BCUT2D eigenvalue weighted by Crippen LogP contribution is -2.57. The summed E-state index contributed by atoms with van der Waals surface area (Å²) in [6.45, 7) is 0.315. The molecule has 156 valence electrons. The molecular formula is C21H20FN3O4S. The van der Waals surface area contributed by atoms with Crippen LogP contribution in [0.15, 0.2) is 65.8 Å². The molecule has 1 amide bonds. The zero-order valence-electron chi connectivity index (χ0n) is 16.2. The van der Waals surface area contributed by atoms with E-state index in [2.05, 4.69) is 5.10 Å². The number of amides is 1. The molecule has 1 saturated heterocycles. The van der Waals surface area contributed by atoms with Crippen LogP contribution in [0, 0.1) is 5.82 Å². The molecule has 0 spiro atoms. The third kappa shape index (κ3) is 3.93. The Kier molecular flexibility index (Phi) is 5.29. The maximum atomic E-state index is 13.1. The van der Waals surface area contributed by atoms with Gasteiger partial charge in [-0.15, -0.1) is 0 Å². The Hall–Kier alpha value is -3.20. The average molecular weight is 429 g/mol. The molecule has 2 heterocycles. The van der Waals surface area contributed by atoms with E-state index >= 15 is 0 Å². The Balaban J connectivity index is 1.36. The topological polar surface area (TPSA) is 81.5 Å². The van der Waals surface area contributed by atoms with Gasteiger partial charge in [0.15, 0.2) is 9.84 Å². The van der Waals surface area contributed by atoms with Gasteiger partial charge in [-0.2, -0.15) is 5.10 Å². The summed E-state index contributed by atoms with van der Waals surface area (Å²) in [5, 5.41) is 3.55. The molecule has 0 N–H and O–H groups in total. The lowest BCUT2D eigenvalue weighted by molar-refractivity contribution is -0.135. The zero-order valence-corrected chi connectivity index (χ0v) is 17.0. The van der Waals surface area contributed by atoms with Crippen molar-refractivity contribution in [3.05, 3.63) is 66.7 Å². The van der Waals surface area contributed by atoms with Crippen molar-refractivity contribution >= 4 is 15.7 Å². The van der Waals surface area contributed by atoms with Gasteiger partial charge in [-0.3, -0.25) is 9.48 Å². The fraction of sp³-hybridized carbons (Fsp3) is 0.238. The molecule has 1 aliphatic rings. The second kappa shape index (κ2) is 7.91. The van der Waals surface area contributed by atoms with Crippen molar-refractivity contribution in [2.75, 3.05) is 20.2 Å². The third-order valence-corrected chi connectivity index (χ3v) is 7.24. The van der Waals surface area contributed by atoms with Crippen LogP contribution in [-0.2, 0) is 21.2 Å². The maximum Gasteiger partial charge on any atom is 0.244 e. The van der Waals surface area contributed by atoms with Crippen LogP contribution >= 0.6 is 0 Å². The number of halogens is 1. The highest BCUT2D eigenvalue weighted by Gasteiger charge is 2.40. The molecule has 4 rings (SSSR count). The normalized spacial score (nSPS) is 14.4. The van der Waals surface area contributed by atoms with Crippen LogP contribution in [0.1, 0.15) is 0 Å². The number of rotatable bonds is 6. The molecular weight excluding hydrogens is 409 g/mol. The predicted molar refractivity (Wildman–Crippen MR) is 108 cm³/mol. The monoisotopic (exact) mass is 429 g/mol. The van der Waals surface area contributed by atoms with E-state index in [-0.39, 0.29) is 36.3 Å². The lowest BCUT2D eigenvalue weighted by Gasteiger charge is -2.38. The SMILES string of the molecule is COc1ccc(S(=O)(=O)C2CN(C(=O)Cn3cc(-c4ccc(F)cc4)cn3)C2)cc1. The minimum Gasteiger partial charge on any atom is -0.497 e. The van der Waals surface area contributed by atoms with Gasteiger partial charge in [0.05, 0.1) is 18.2 Å². The lowest BCUT2D eigenvalue weighted by atomic mass is 10.1. The van der Waals surface area contributed by atoms with Crippen molar-refractivity contribution in [1.82, 2.24) is 14.7 Å². The summed E-state index contributed by atoms with van der Waals surface area (Å²) >= 11 is 0. The first-order chi connectivity index (χ1) is 14.4. The summed E-state index contributed by atoms with van der Waals surface area (Å²) < 4.78 is 45.0. The zero-order chi connectivity index (χ0) is 21.3. The van der Waals surface area contributed by atoms with Gasteiger partial charge in [-0.05, 0) is 42.0 Å². The number of sulfone groups is 1.